The lowest BCUT2D eigenvalue weighted by Crippen LogP contribution is -2.16. The maximum Gasteiger partial charge on any atom is 0.0468 e. The maximum atomic E-state index is 2.44. The Morgan fingerprint density at radius 1 is 0.220 bits per heavy atom. The molecule has 0 aliphatic heterocycles. The zero-order chi connectivity index (χ0) is 66.8. The molecule has 0 amide bonds. The van der Waals surface area contributed by atoms with Crippen molar-refractivity contribution in [3.63, 3.8) is 0 Å². The molecule has 0 unspecified atom stereocenters. The zero-order valence-electron chi connectivity index (χ0n) is 56.4. The molecule has 0 bridgehead atoms. The van der Waals surface area contributed by atoms with Crippen LogP contribution in [0.25, 0.3) is 133 Å². The fourth-order valence-electron chi connectivity index (χ4n) is 16.8. The number of fused-ring (bicyclic) bond motifs is 10. The van der Waals surface area contributed by atoms with Crippen molar-refractivity contribution in [3.8, 4) is 44.5 Å². The van der Waals surface area contributed by atoms with Gasteiger partial charge in [0.05, 0.1) is 0 Å². The quantitative estimate of drug-likeness (QED) is 0.0683. The van der Waals surface area contributed by atoms with E-state index in [1.165, 1.54) is 154 Å². The van der Waals surface area contributed by atoms with Crippen LogP contribution in [-0.2, 0) is 10.8 Å². The SMILES string of the molecule is CC1(C)c2cc(C=Cc3ccc4c5cccc6c(C=Cc7ccc8c(c7)C(C)(C)c7cc(N(c9ccc(-c%10ccccc%10)cc9)c9ccc%10ccccc%10c9)ccc7-8)ccc(c7cccc3c74)c65)ccc2-c2ccc(N(c3ccc(-c4ccccc4)cc3)c3ccc4ccccc4c3)cc21. The first-order valence-corrected chi connectivity index (χ1v) is 35.0. The molecule has 0 atom stereocenters. The fraction of sp³-hybridized carbons (Fsp3) is 0.0612. The summed E-state index contributed by atoms with van der Waals surface area (Å²) in [5.74, 6) is 0. The molecule has 2 heteroatoms. The van der Waals surface area contributed by atoms with Crippen molar-refractivity contribution in [2.75, 3.05) is 9.80 Å². The molecule has 0 aromatic heterocycles. The molecular formula is C98H70N2. The highest BCUT2D eigenvalue weighted by atomic mass is 15.1. The van der Waals surface area contributed by atoms with Crippen LogP contribution in [-0.4, -0.2) is 0 Å². The Hall–Kier alpha value is -12.4. The summed E-state index contributed by atoms with van der Waals surface area (Å²) in [6.45, 7) is 9.58. The summed E-state index contributed by atoms with van der Waals surface area (Å²) < 4.78 is 0. The lowest BCUT2D eigenvalue weighted by molar-refractivity contribution is 0.660. The molecule has 2 nitrogen and oxygen atoms in total. The minimum absolute atomic E-state index is 0.234. The van der Waals surface area contributed by atoms with Gasteiger partial charge in [-0.2, -0.15) is 0 Å². The molecular weight excluding hydrogens is 1210 g/mol. The van der Waals surface area contributed by atoms with Crippen LogP contribution in [0.1, 0.15) is 72.2 Å². The van der Waals surface area contributed by atoms with Gasteiger partial charge in [0.25, 0.3) is 0 Å². The summed E-state index contributed by atoms with van der Waals surface area (Å²) in [5, 5.41) is 15.2. The zero-order valence-corrected chi connectivity index (χ0v) is 56.4. The Kier molecular flexibility index (Phi) is 13.7. The van der Waals surface area contributed by atoms with E-state index in [2.05, 4.69) is 389 Å². The molecule has 2 aliphatic rings. The van der Waals surface area contributed by atoms with E-state index < -0.39 is 0 Å². The predicted molar refractivity (Wildman–Crippen MR) is 429 cm³/mol. The second-order valence-corrected chi connectivity index (χ2v) is 28.4. The Morgan fingerprint density at radius 3 is 0.960 bits per heavy atom. The average Bonchev–Trinajstić information content (AvgIpc) is 1.05. The van der Waals surface area contributed by atoms with Gasteiger partial charge in [0, 0.05) is 45.0 Å². The van der Waals surface area contributed by atoms with Gasteiger partial charge >= 0.3 is 0 Å². The predicted octanol–water partition coefficient (Wildman–Crippen LogP) is 27.3. The minimum atomic E-state index is -0.234. The smallest absolute Gasteiger partial charge is 0.0468 e. The molecule has 17 aromatic rings. The molecule has 472 valence electrons. The number of hydrogen-bond donors (Lipinski definition) is 0. The number of hydrogen-bond acceptors (Lipinski definition) is 2. The van der Waals surface area contributed by atoms with Crippen molar-refractivity contribution < 1.29 is 0 Å². The molecule has 0 radical (unpaired) electrons. The van der Waals surface area contributed by atoms with Gasteiger partial charge in [0.2, 0.25) is 0 Å². The van der Waals surface area contributed by atoms with E-state index in [0.717, 1.165) is 34.1 Å². The number of rotatable bonds is 12. The van der Waals surface area contributed by atoms with Gasteiger partial charge in [-0.15, -0.1) is 0 Å². The number of nitrogens with zero attached hydrogens (tertiary/aromatic N) is 2. The van der Waals surface area contributed by atoms with Crippen molar-refractivity contribution >= 4 is 123 Å². The third-order valence-corrected chi connectivity index (χ3v) is 22.0. The second-order valence-electron chi connectivity index (χ2n) is 28.4. The molecule has 0 spiro atoms. The molecule has 19 rings (SSSR count). The van der Waals surface area contributed by atoms with E-state index >= 15 is 0 Å². The van der Waals surface area contributed by atoms with Crippen LogP contribution < -0.4 is 9.80 Å². The van der Waals surface area contributed by atoms with E-state index in [9.17, 15) is 0 Å². The average molecular weight is 1280 g/mol. The number of anilines is 6. The van der Waals surface area contributed by atoms with E-state index in [-0.39, 0.29) is 10.8 Å². The van der Waals surface area contributed by atoms with Crippen LogP contribution in [0.4, 0.5) is 34.1 Å². The van der Waals surface area contributed by atoms with E-state index in [1.807, 2.05) is 0 Å². The highest BCUT2D eigenvalue weighted by molar-refractivity contribution is 6.34. The van der Waals surface area contributed by atoms with Crippen LogP contribution in [0.5, 0.6) is 0 Å². The summed E-state index contributed by atoms with van der Waals surface area (Å²) in [4.78, 5) is 4.84. The van der Waals surface area contributed by atoms with E-state index in [1.54, 1.807) is 0 Å². The summed E-state index contributed by atoms with van der Waals surface area (Å²) in [5.41, 5.74) is 26.5. The minimum Gasteiger partial charge on any atom is -0.310 e. The topological polar surface area (TPSA) is 6.48 Å². The Morgan fingerprint density at radius 2 is 0.540 bits per heavy atom. The van der Waals surface area contributed by atoms with Crippen LogP contribution in [0.2, 0.25) is 0 Å². The Labute approximate surface area is 584 Å². The third kappa shape index (κ3) is 9.69. The molecule has 0 heterocycles. The summed E-state index contributed by atoms with van der Waals surface area (Å²) in [7, 11) is 0. The summed E-state index contributed by atoms with van der Waals surface area (Å²) in [6, 6.07) is 122. The van der Waals surface area contributed by atoms with Crippen LogP contribution >= 0.6 is 0 Å². The molecule has 2 aliphatic carbocycles. The largest absolute Gasteiger partial charge is 0.310 e. The van der Waals surface area contributed by atoms with Crippen molar-refractivity contribution in [1.82, 2.24) is 0 Å². The first-order chi connectivity index (χ1) is 49.1. The normalized spacial score (nSPS) is 13.5. The molecule has 0 saturated carbocycles. The third-order valence-electron chi connectivity index (χ3n) is 22.0. The first-order valence-electron chi connectivity index (χ1n) is 35.0. The van der Waals surface area contributed by atoms with Crippen molar-refractivity contribution in [3.05, 3.63) is 372 Å². The fourth-order valence-corrected chi connectivity index (χ4v) is 16.8. The second kappa shape index (κ2) is 23.2. The first kappa shape index (κ1) is 58.9. The van der Waals surface area contributed by atoms with Crippen LogP contribution in [0.3, 0.4) is 0 Å². The molecule has 0 N–H and O–H groups in total. The molecule has 100 heavy (non-hydrogen) atoms. The van der Waals surface area contributed by atoms with Gasteiger partial charge in [-0.05, 0) is 226 Å². The maximum absolute atomic E-state index is 2.44. The monoisotopic (exact) mass is 1270 g/mol. The Bertz CT molecular complexity index is 5790. The van der Waals surface area contributed by atoms with Gasteiger partial charge in [0.1, 0.15) is 0 Å². The van der Waals surface area contributed by atoms with Gasteiger partial charge in [-0.25, -0.2) is 0 Å². The number of benzene rings is 17. The highest BCUT2D eigenvalue weighted by Gasteiger charge is 2.38. The molecule has 0 fully saturated rings. The molecule has 17 aromatic carbocycles. The van der Waals surface area contributed by atoms with E-state index in [0.29, 0.717) is 0 Å². The lowest BCUT2D eigenvalue weighted by atomic mass is 9.81. The van der Waals surface area contributed by atoms with E-state index in [4.69, 9.17) is 0 Å². The Balaban J connectivity index is 0.609. The highest BCUT2D eigenvalue weighted by Crippen LogP contribution is 2.54. The standard InChI is InChI=1S/C98H70N2/c1-97(2)91-57-63(31-51-83(91)85-55-49-79(61-93(85)97)99(77-47-39-67-21-11-13-23-73(67)59-77)75-43-35-69(36-44-75)65-17-7-5-8-18-65)29-33-71-41-53-89-88-28-16-26-82-72(42-54-90(96(82)88)87-27-15-25-81(71)95(87)89)34-30-64-32-52-84-86-56-50-80(62-94(86)98(3,4)92(84)58-64)100(78-48-40-68-22-12-14-24-74(68)60-78)76-45-37-70(38-46-76)66-19-9-6-10-20-66/h5-62H,1-4H3. The lowest BCUT2D eigenvalue weighted by Gasteiger charge is -2.28. The van der Waals surface area contributed by atoms with Crippen molar-refractivity contribution in [2.45, 2.75) is 38.5 Å². The van der Waals surface area contributed by atoms with Crippen LogP contribution in [0.15, 0.2) is 328 Å². The summed E-state index contributed by atoms with van der Waals surface area (Å²) >= 11 is 0. The van der Waals surface area contributed by atoms with Gasteiger partial charge in [-0.3, -0.25) is 0 Å². The molecule has 0 saturated heterocycles. The van der Waals surface area contributed by atoms with Crippen molar-refractivity contribution in [1.29, 1.82) is 0 Å². The van der Waals surface area contributed by atoms with Gasteiger partial charge in [-0.1, -0.05) is 307 Å². The summed E-state index contributed by atoms with van der Waals surface area (Å²) in [6.07, 6.45) is 9.29. The van der Waals surface area contributed by atoms with Crippen molar-refractivity contribution in [2.24, 2.45) is 0 Å². The van der Waals surface area contributed by atoms with Gasteiger partial charge in [0.15, 0.2) is 0 Å². The van der Waals surface area contributed by atoms with Gasteiger partial charge < -0.3 is 9.80 Å². The van der Waals surface area contributed by atoms with Crippen LogP contribution in [0, 0.1) is 0 Å².